The van der Waals surface area contributed by atoms with Crippen molar-refractivity contribution < 1.29 is 0 Å². The number of hydrogen-bond donors (Lipinski definition) is 1. The highest BCUT2D eigenvalue weighted by molar-refractivity contribution is 5.85. The predicted molar refractivity (Wildman–Crippen MR) is 73.0 cm³/mol. The monoisotopic (exact) mass is 256 g/mol. The van der Waals surface area contributed by atoms with Crippen molar-refractivity contribution in [3.05, 3.63) is 17.5 Å². The van der Waals surface area contributed by atoms with E-state index in [1.54, 1.807) is 0 Å². The standard InChI is InChI=1S/C12H20N4.ClH/c1-9-8-10(2)15-12(14-9)16-6-4-11(13-3)5-7-16;/h8,11,13H,4-7H2,1-3H3;1H. The summed E-state index contributed by atoms with van der Waals surface area (Å²) in [5.74, 6) is 0.895. The molecule has 0 spiro atoms. The second kappa shape index (κ2) is 6.17. The van der Waals surface area contributed by atoms with E-state index < -0.39 is 0 Å². The number of piperidine rings is 1. The van der Waals surface area contributed by atoms with Crippen molar-refractivity contribution in [3.63, 3.8) is 0 Å². The van der Waals surface area contributed by atoms with Crippen molar-refractivity contribution in [1.29, 1.82) is 0 Å². The Kier molecular flexibility index (Phi) is 5.15. The Hall–Kier alpha value is -0.870. The van der Waals surface area contributed by atoms with Crippen molar-refractivity contribution in [2.75, 3.05) is 25.0 Å². The molecule has 0 aromatic carbocycles. The second-order valence-electron chi connectivity index (χ2n) is 4.50. The van der Waals surface area contributed by atoms with Gasteiger partial charge in [-0.25, -0.2) is 9.97 Å². The number of rotatable bonds is 2. The molecule has 0 aliphatic carbocycles. The van der Waals surface area contributed by atoms with Crippen LogP contribution in [-0.4, -0.2) is 36.1 Å². The highest BCUT2D eigenvalue weighted by Gasteiger charge is 2.19. The molecule has 0 amide bonds. The molecule has 1 aliphatic heterocycles. The molecule has 1 saturated heterocycles. The van der Waals surface area contributed by atoms with Gasteiger partial charge in [-0.3, -0.25) is 0 Å². The fourth-order valence-electron chi connectivity index (χ4n) is 2.22. The molecule has 1 fully saturated rings. The average molecular weight is 257 g/mol. The summed E-state index contributed by atoms with van der Waals surface area (Å²) in [6.45, 7) is 6.15. The van der Waals surface area contributed by atoms with E-state index in [1.807, 2.05) is 27.0 Å². The molecule has 0 saturated carbocycles. The van der Waals surface area contributed by atoms with Crippen LogP contribution < -0.4 is 10.2 Å². The van der Waals surface area contributed by atoms with Gasteiger partial charge in [0.2, 0.25) is 5.95 Å². The van der Waals surface area contributed by atoms with Gasteiger partial charge in [0.05, 0.1) is 0 Å². The zero-order valence-electron chi connectivity index (χ0n) is 10.7. The van der Waals surface area contributed by atoms with Crippen LogP contribution in [-0.2, 0) is 0 Å². The first-order valence-electron chi connectivity index (χ1n) is 5.93. The zero-order valence-corrected chi connectivity index (χ0v) is 11.5. The number of halogens is 1. The summed E-state index contributed by atoms with van der Waals surface area (Å²) >= 11 is 0. The molecular formula is C12H21ClN4. The van der Waals surface area contributed by atoms with Gasteiger partial charge in [0.25, 0.3) is 0 Å². The highest BCUT2D eigenvalue weighted by Crippen LogP contribution is 2.16. The van der Waals surface area contributed by atoms with Crippen LogP contribution in [0.3, 0.4) is 0 Å². The fourth-order valence-corrected chi connectivity index (χ4v) is 2.22. The largest absolute Gasteiger partial charge is 0.341 e. The van der Waals surface area contributed by atoms with Crippen LogP contribution in [0.5, 0.6) is 0 Å². The molecule has 0 unspecified atom stereocenters. The maximum atomic E-state index is 4.50. The van der Waals surface area contributed by atoms with E-state index in [0.717, 1.165) is 30.4 Å². The molecule has 2 heterocycles. The van der Waals surface area contributed by atoms with Crippen LogP contribution in [0.2, 0.25) is 0 Å². The van der Waals surface area contributed by atoms with E-state index in [0.29, 0.717) is 6.04 Å². The van der Waals surface area contributed by atoms with Crippen LogP contribution in [0.1, 0.15) is 24.2 Å². The molecule has 4 nitrogen and oxygen atoms in total. The summed E-state index contributed by atoms with van der Waals surface area (Å²) in [5, 5.41) is 3.33. The summed E-state index contributed by atoms with van der Waals surface area (Å²) in [5.41, 5.74) is 2.11. The van der Waals surface area contributed by atoms with Gasteiger partial charge in [-0.15, -0.1) is 12.4 Å². The molecule has 0 bridgehead atoms. The topological polar surface area (TPSA) is 41.0 Å². The number of anilines is 1. The number of aromatic nitrogens is 2. The molecule has 5 heteroatoms. The van der Waals surface area contributed by atoms with E-state index in [4.69, 9.17) is 0 Å². The average Bonchev–Trinajstić information content (AvgIpc) is 2.28. The Morgan fingerprint density at radius 2 is 1.71 bits per heavy atom. The summed E-state index contributed by atoms with van der Waals surface area (Å²) in [6.07, 6.45) is 2.35. The lowest BCUT2D eigenvalue weighted by Gasteiger charge is -2.32. The summed E-state index contributed by atoms with van der Waals surface area (Å²) in [6, 6.07) is 2.67. The van der Waals surface area contributed by atoms with Gasteiger partial charge in [0.15, 0.2) is 0 Å². The third-order valence-electron chi connectivity index (χ3n) is 3.16. The van der Waals surface area contributed by atoms with E-state index in [-0.39, 0.29) is 12.4 Å². The lowest BCUT2D eigenvalue weighted by molar-refractivity contribution is 0.438. The molecule has 1 aromatic rings. The number of aryl methyl sites for hydroxylation is 2. The first-order valence-corrected chi connectivity index (χ1v) is 5.93. The van der Waals surface area contributed by atoms with Crippen LogP contribution in [0.25, 0.3) is 0 Å². The van der Waals surface area contributed by atoms with Gasteiger partial charge in [0.1, 0.15) is 0 Å². The van der Waals surface area contributed by atoms with Crippen LogP contribution in [0.15, 0.2) is 6.07 Å². The van der Waals surface area contributed by atoms with E-state index in [9.17, 15) is 0 Å². The number of hydrogen-bond acceptors (Lipinski definition) is 4. The fraction of sp³-hybridized carbons (Fsp3) is 0.667. The van der Waals surface area contributed by atoms with E-state index in [1.165, 1.54) is 12.8 Å². The van der Waals surface area contributed by atoms with Crippen molar-refractivity contribution in [2.45, 2.75) is 32.7 Å². The summed E-state index contributed by atoms with van der Waals surface area (Å²) < 4.78 is 0. The maximum Gasteiger partial charge on any atom is 0.225 e. The third-order valence-corrected chi connectivity index (χ3v) is 3.16. The quantitative estimate of drug-likeness (QED) is 0.875. The Labute approximate surface area is 109 Å². The summed E-state index contributed by atoms with van der Waals surface area (Å²) in [7, 11) is 2.04. The minimum Gasteiger partial charge on any atom is -0.341 e. The lowest BCUT2D eigenvalue weighted by atomic mass is 10.1. The molecular weight excluding hydrogens is 236 g/mol. The molecule has 2 rings (SSSR count). The van der Waals surface area contributed by atoms with Crippen LogP contribution in [0, 0.1) is 13.8 Å². The van der Waals surface area contributed by atoms with E-state index in [2.05, 4.69) is 20.2 Å². The van der Waals surface area contributed by atoms with Gasteiger partial charge in [-0.1, -0.05) is 0 Å². The Morgan fingerprint density at radius 1 is 1.18 bits per heavy atom. The van der Waals surface area contributed by atoms with Gasteiger partial charge in [-0.2, -0.15) is 0 Å². The normalized spacial score (nSPS) is 16.8. The maximum absolute atomic E-state index is 4.50. The SMILES string of the molecule is CNC1CCN(c2nc(C)cc(C)n2)CC1.Cl. The zero-order chi connectivity index (χ0) is 11.5. The van der Waals surface area contributed by atoms with Gasteiger partial charge >= 0.3 is 0 Å². The van der Waals surface area contributed by atoms with Crippen LogP contribution in [0.4, 0.5) is 5.95 Å². The van der Waals surface area contributed by atoms with Crippen molar-refractivity contribution >= 4 is 18.4 Å². The smallest absolute Gasteiger partial charge is 0.225 e. The van der Waals surface area contributed by atoms with Gasteiger partial charge in [0, 0.05) is 30.5 Å². The first-order chi connectivity index (χ1) is 7.69. The van der Waals surface area contributed by atoms with Crippen molar-refractivity contribution in [3.8, 4) is 0 Å². The minimum absolute atomic E-state index is 0. The van der Waals surface area contributed by atoms with E-state index >= 15 is 0 Å². The molecule has 0 radical (unpaired) electrons. The lowest BCUT2D eigenvalue weighted by Crippen LogP contribution is -2.42. The molecule has 0 atom stereocenters. The number of nitrogens with zero attached hydrogens (tertiary/aromatic N) is 3. The second-order valence-corrected chi connectivity index (χ2v) is 4.50. The molecule has 17 heavy (non-hydrogen) atoms. The Bertz CT molecular complexity index is 341. The molecule has 1 aliphatic rings. The van der Waals surface area contributed by atoms with Crippen molar-refractivity contribution in [1.82, 2.24) is 15.3 Å². The molecule has 1 N–H and O–H groups in total. The Morgan fingerprint density at radius 3 is 2.18 bits per heavy atom. The van der Waals surface area contributed by atoms with Gasteiger partial charge < -0.3 is 10.2 Å². The molecule has 96 valence electrons. The Balaban J connectivity index is 0.00000144. The third kappa shape index (κ3) is 3.54. The summed E-state index contributed by atoms with van der Waals surface area (Å²) in [4.78, 5) is 11.3. The van der Waals surface area contributed by atoms with Crippen molar-refractivity contribution in [2.24, 2.45) is 0 Å². The van der Waals surface area contributed by atoms with Gasteiger partial charge in [-0.05, 0) is 39.8 Å². The first kappa shape index (κ1) is 14.2. The highest BCUT2D eigenvalue weighted by atomic mass is 35.5. The minimum atomic E-state index is 0. The van der Waals surface area contributed by atoms with Crippen LogP contribution >= 0.6 is 12.4 Å². The molecule has 1 aromatic heterocycles. The predicted octanol–water partition coefficient (Wildman–Crippen LogP) is 1.70. The number of nitrogens with one attached hydrogen (secondary N) is 1.